The maximum atomic E-state index is 13.8. The van der Waals surface area contributed by atoms with E-state index in [4.69, 9.17) is 23.2 Å². The zero-order chi connectivity index (χ0) is 14.9. The molecule has 0 heterocycles. The molecule has 0 aliphatic heterocycles. The highest BCUT2D eigenvalue weighted by atomic mass is 35.5. The van der Waals surface area contributed by atoms with Crippen LogP contribution in [0.4, 0.5) is 14.5 Å². The molecule has 0 aromatic heterocycles. The van der Waals surface area contributed by atoms with E-state index in [1.807, 2.05) is 0 Å². The van der Waals surface area contributed by atoms with E-state index >= 15 is 0 Å². The molecule has 0 radical (unpaired) electrons. The molecule has 106 valence electrons. The predicted molar refractivity (Wildman–Crippen MR) is 79.6 cm³/mol. The van der Waals surface area contributed by atoms with Crippen LogP contribution in [0.15, 0.2) is 30.3 Å². The zero-order valence-electron chi connectivity index (χ0n) is 11.0. The minimum atomic E-state index is -0.552. The number of benzene rings is 2. The fourth-order valence-electron chi connectivity index (χ4n) is 1.98. The van der Waals surface area contributed by atoms with Gasteiger partial charge in [0, 0.05) is 10.6 Å². The standard InChI is InChI=1S/C15H13Cl2F2N/c1-8-3-6-13(12(19)7-8)20-9(2)14-10(16)4-5-11(18)15(14)17/h3-7,9,20H,1-2H3. The van der Waals surface area contributed by atoms with Crippen LogP contribution in [0, 0.1) is 18.6 Å². The number of hydrogen-bond donors (Lipinski definition) is 1. The summed E-state index contributed by atoms with van der Waals surface area (Å²) in [7, 11) is 0. The molecule has 20 heavy (non-hydrogen) atoms. The second-order valence-electron chi connectivity index (χ2n) is 4.61. The fraction of sp³-hybridized carbons (Fsp3) is 0.200. The van der Waals surface area contributed by atoms with Crippen molar-refractivity contribution in [1.82, 2.24) is 0 Å². The summed E-state index contributed by atoms with van der Waals surface area (Å²) in [6.45, 7) is 3.54. The molecule has 1 nitrogen and oxygen atoms in total. The molecule has 0 amide bonds. The summed E-state index contributed by atoms with van der Waals surface area (Å²) in [5.74, 6) is -0.926. The minimum Gasteiger partial charge on any atom is -0.376 e. The van der Waals surface area contributed by atoms with Crippen LogP contribution in [-0.4, -0.2) is 0 Å². The van der Waals surface area contributed by atoms with Gasteiger partial charge in [0.15, 0.2) is 0 Å². The molecule has 0 aliphatic rings. The molecule has 0 fully saturated rings. The van der Waals surface area contributed by atoms with Gasteiger partial charge in [-0.15, -0.1) is 0 Å². The van der Waals surface area contributed by atoms with Gasteiger partial charge in [0.25, 0.3) is 0 Å². The number of aryl methyl sites for hydroxylation is 1. The number of halogens is 4. The third-order valence-electron chi connectivity index (χ3n) is 3.01. The second-order valence-corrected chi connectivity index (χ2v) is 5.39. The molecule has 0 bridgehead atoms. The third kappa shape index (κ3) is 3.05. The Hall–Kier alpha value is -1.32. The summed E-state index contributed by atoms with van der Waals surface area (Å²) in [6, 6.07) is 7.04. The lowest BCUT2D eigenvalue weighted by Crippen LogP contribution is -2.10. The van der Waals surface area contributed by atoms with Crippen LogP contribution in [0.2, 0.25) is 10.0 Å². The number of nitrogens with one attached hydrogen (secondary N) is 1. The molecule has 0 spiro atoms. The van der Waals surface area contributed by atoms with Crippen molar-refractivity contribution in [3.05, 3.63) is 63.1 Å². The van der Waals surface area contributed by atoms with Crippen molar-refractivity contribution in [2.24, 2.45) is 0 Å². The van der Waals surface area contributed by atoms with Crippen LogP contribution in [-0.2, 0) is 0 Å². The predicted octanol–water partition coefficient (Wildman–Crippen LogP) is 5.75. The summed E-state index contributed by atoms with van der Waals surface area (Å²) in [5.41, 5.74) is 1.55. The fourth-order valence-corrected chi connectivity index (χ4v) is 2.68. The van der Waals surface area contributed by atoms with Crippen LogP contribution < -0.4 is 5.32 Å². The van der Waals surface area contributed by atoms with E-state index in [2.05, 4.69) is 5.32 Å². The zero-order valence-corrected chi connectivity index (χ0v) is 12.5. The Morgan fingerprint density at radius 3 is 2.40 bits per heavy atom. The second kappa shape index (κ2) is 5.98. The van der Waals surface area contributed by atoms with Crippen molar-refractivity contribution in [2.75, 3.05) is 5.32 Å². The van der Waals surface area contributed by atoms with Gasteiger partial charge < -0.3 is 5.32 Å². The monoisotopic (exact) mass is 315 g/mol. The molecule has 2 aromatic carbocycles. The van der Waals surface area contributed by atoms with Crippen molar-refractivity contribution in [3.8, 4) is 0 Å². The van der Waals surface area contributed by atoms with Crippen LogP contribution in [0.5, 0.6) is 0 Å². The van der Waals surface area contributed by atoms with Crippen molar-refractivity contribution in [1.29, 1.82) is 0 Å². The Labute approximate surface area is 126 Å². The number of rotatable bonds is 3. The minimum absolute atomic E-state index is 0.0509. The Kier molecular flexibility index (Phi) is 4.51. The average Bonchev–Trinajstić information content (AvgIpc) is 2.38. The first-order valence-corrected chi connectivity index (χ1v) is 6.82. The normalized spacial score (nSPS) is 12.3. The van der Waals surface area contributed by atoms with Gasteiger partial charge in [0.05, 0.1) is 16.8 Å². The maximum absolute atomic E-state index is 13.8. The average molecular weight is 316 g/mol. The SMILES string of the molecule is Cc1ccc(NC(C)c2c(Cl)ccc(F)c2Cl)c(F)c1. The van der Waals surface area contributed by atoms with Crippen LogP contribution in [0.1, 0.15) is 24.1 Å². The smallest absolute Gasteiger partial charge is 0.146 e. The summed E-state index contributed by atoms with van der Waals surface area (Å²) in [6.07, 6.45) is 0. The lowest BCUT2D eigenvalue weighted by atomic mass is 10.1. The lowest BCUT2D eigenvalue weighted by Gasteiger charge is -2.19. The van der Waals surface area contributed by atoms with Crippen LogP contribution in [0.25, 0.3) is 0 Å². The van der Waals surface area contributed by atoms with E-state index in [0.29, 0.717) is 16.3 Å². The first-order valence-electron chi connectivity index (χ1n) is 6.06. The first-order chi connectivity index (χ1) is 9.40. The Morgan fingerprint density at radius 1 is 1.05 bits per heavy atom. The molecule has 5 heteroatoms. The molecular formula is C15H13Cl2F2N. The summed E-state index contributed by atoms with van der Waals surface area (Å²) in [4.78, 5) is 0. The Morgan fingerprint density at radius 2 is 1.75 bits per heavy atom. The van der Waals surface area contributed by atoms with Crippen molar-refractivity contribution in [3.63, 3.8) is 0 Å². The van der Waals surface area contributed by atoms with Crippen molar-refractivity contribution in [2.45, 2.75) is 19.9 Å². The molecule has 1 unspecified atom stereocenters. The molecule has 1 atom stereocenters. The Bertz CT molecular complexity index is 644. The summed E-state index contributed by atoms with van der Waals surface area (Å²) < 4.78 is 27.3. The molecule has 2 rings (SSSR count). The Balaban J connectivity index is 2.33. The molecular weight excluding hydrogens is 303 g/mol. The molecule has 0 aliphatic carbocycles. The van der Waals surface area contributed by atoms with Gasteiger partial charge in [-0.3, -0.25) is 0 Å². The summed E-state index contributed by atoms with van der Waals surface area (Å²) in [5, 5.41) is 3.24. The van der Waals surface area contributed by atoms with Crippen molar-refractivity contribution < 1.29 is 8.78 Å². The highest BCUT2D eigenvalue weighted by molar-refractivity contribution is 6.36. The number of hydrogen-bond acceptors (Lipinski definition) is 1. The quantitative estimate of drug-likeness (QED) is 0.711. The topological polar surface area (TPSA) is 12.0 Å². The molecule has 0 saturated carbocycles. The maximum Gasteiger partial charge on any atom is 0.146 e. The van der Waals surface area contributed by atoms with Gasteiger partial charge in [-0.05, 0) is 43.7 Å². The van der Waals surface area contributed by atoms with E-state index in [1.165, 1.54) is 18.2 Å². The van der Waals surface area contributed by atoms with E-state index in [9.17, 15) is 8.78 Å². The molecule has 0 saturated heterocycles. The largest absolute Gasteiger partial charge is 0.376 e. The highest BCUT2D eigenvalue weighted by Crippen LogP contribution is 2.34. The van der Waals surface area contributed by atoms with E-state index in [-0.39, 0.29) is 10.8 Å². The molecule has 2 aromatic rings. The lowest BCUT2D eigenvalue weighted by molar-refractivity contribution is 0.621. The first kappa shape index (κ1) is 15.1. The van der Waals surface area contributed by atoms with Crippen LogP contribution >= 0.6 is 23.2 Å². The summed E-state index contributed by atoms with van der Waals surface area (Å²) >= 11 is 12.0. The number of anilines is 1. The van der Waals surface area contributed by atoms with Crippen LogP contribution in [0.3, 0.4) is 0 Å². The van der Waals surface area contributed by atoms with E-state index in [1.54, 1.807) is 26.0 Å². The molecule has 1 N–H and O–H groups in total. The van der Waals surface area contributed by atoms with E-state index in [0.717, 1.165) is 5.56 Å². The van der Waals surface area contributed by atoms with Gasteiger partial charge >= 0.3 is 0 Å². The van der Waals surface area contributed by atoms with Gasteiger partial charge in [-0.2, -0.15) is 0 Å². The van der Waals surface area contributed by atoms with Crippen molar-refractivity contribution >= 4 is 28.9 Å². The van der Waals surface area contributed by atoms with Gasteiger partial charge in [-0.1, -0.05) is 29.3 Å². The van der Waals surface area contributed by atoms with E-state index < -0.39 is 11.9 Å². The highest BCUT2D eigenvalue weighted by Gasteiger charge is 2.18. The van der Waals surface area contributed by atoms with Gasteiger partial charge in [0.2, 0.25) is 0 Å². The van der Waals surface area contributed by atoms with Gasteiger partial charge in [-0.25, -0.2) is 8.78 Å². The third-order valence-corrected chi connectivity index (χ3v) is 3.72. The van der Waals surface area contributed by atoms with Gasteiger partial charge in [0.1, 0.15) is 11.6 Å².